The molecule has 4 rings (SSSR count). The van der Waals surface area contributed by atoms with Crippen molar-refractivity contribution < 1.29 is 128 Å². The van der Waals surface area contributed by atoms with E-state index in [1.165, 1.54) is 0 Å². The zero-order valence-corrected chi connectivity index (χ0v) is 47.1. The smallest absolute Gasteiger partial charge is 0.744 e. The van der Waals surface area contributed by atoms with Gasteiger partial charge < -0.3 is 56.1 Å². The molecule has 74 heavy (non-hydrogen) atoms. The fourth-order valence-electron chi connectivity index (χ4n) is 4.86. The first-order chi connectivity index (χ1) is 33.2. The Hall–Kier alpha value is -5.20. The first-order valence-corrected chi connectivity index (χ1v) is 23.9. The number of rotatable bonds is 12. The Labute approximate surface area is 480 Å². The van der Waals surface area contributed by atoms with E-state index < -0.39 is 108 Å². The van der Waals surface area contributed by atoms with Gasteiger partial charge in [0.1, 0.15) is 40.5 Å². The van der Waals surface area contributed by atoms with Gasteiger partial charge in [0, 0.05) is 0 Å². The molecule has 0 radical (unpaired) electrons. The second-order valence-corrected chi connectivity index (χ2v) is 18.3. The predicted molar refractivity (Wildman–Crippen MR) is 240 cm³/mol. The number of ether oxygens (including phenoxy) is 8. The van der Waals surface area contributed by atoms with Gasteiger partial charge in [0.05, 0.1) is 121 Å². The summed E-state index contributed by atoms with van der Waals surface area (Å²) >= 11 is 0. The topological polar surface area (TPSA) is 439 Å². The minimum Gasteiger partial charge on any atom is -0.744 e. The molecular weight excluding hydrogens is 1140 g/mol. The predicted octanol–water partition coefficient (Wildman–Crippen LogP) is -0.106. The summed E-state index contributed by atoms with van der Waals surface area (Å²) in [5.74, 6) is -6.96. The van der Waals surface area contributed by atoms with Crippen molar-refractivity contribution in [1.29, 1.82) is 0 Å². The van der Waals surface area contributed by atoms with Crippen molar-refractivity contribution in [3.05, 3.63) is 117 Å². The average Bonchev–Trinajstić information content (AvgIpc) is 3.35. The van der Waals surface area contributed by atoms with Gasteiger partial charge in [-0.25, -0.2) is 72.0 Å². The molecule has 0 amide bonds. The van der Waals surface area contributed by atoms with E-state index in [1.54, 1.807) is 0 Å². The van der Waals surface area contributed by atoms with Crippen LogP contribution in [0.5, 0.6) is 0 Å². The second kappa shape index (κ2) is 31.0. The van der Waals surface area contributed by atoms with E-state index in [0.29, 0.717) is 0 Å². The molecule has 0 aliphatic rings. The van der Waals surface area contributed by atoms with E-state index in [1.807, 2.05) is 0 Å². The molecular formula is C40H36Ca2O28S4. The maximum Gasteiger partial charge on any atom is 2.00 e. The molecule has 0 aliphatic heterocycles. The second-order valence-electron chi connectivity index (χ2n) is 12.7. The molecule has 0 bridgehead atoms. The maximum absolute atomic E-state index is 11.3. The fraction of sp³-hybridized carbons (Fsp3) is 0.200. The molecule has 0 spiro atoms. The van der Waals surface area contributed by atoms with Gasteiger partial charge in [-0.05, 0) is 72.8 Å². The Balaban J connectivity index is 0. The summed E-state index contributed by atoms with van der Waals surface area (Å²) < 4.78 is 166. The SMILES string of the molecule is COC(=O)c1cc(C(=O)OC)cc(S(=O)(=O)[O-])c1.COC(=O)c1cc(C(=O)OC)cc(S(=O)(=O)[O-])c1.COC(=O)c1cc(C(=O)OC)cc(S(=O)(=O)[O-])c1.COC(=O)c1cc(C(=O)OC)cc(S(=O)(=O)[O-])c1.[Ca+2].[Ca+2]. The molecule has 0 aromatic heterocycles. The number of carbonyl (C=O) groups excluding carboxylic acids is 8. The van der Waals surface area contributed by atoms with Gasteiger partial charge >= 0.3 is 123 Å². The summed E-state index contributed by atoms with van der Waals surface area (Å²) in [5.41, 5.74) is -1.82. The van der Waals surface area contributed by atoms with Crippen molar-refractivity contribution in [2.45, 2.75) is 19.6 Å². The van der Waals surface area contributed by atoms with Gasteiger partial charge in [0.25, 0.3) is 0 Å². The van der Waals surface area contributed by atoms with Crippen LogP contribution in [0.3, 0.4) is 0 Å². The molecule has 28 nitrogen and oxygen atoms in total. The first-order valence-electron chi connectivity index (χ1n) is 18.3. The molecule has 34 heteroatoms. The van der Waals surface area contributed by atoms with Crippen LogP contribution in [0.1, 0.15) is 82.9 Å². The Bertz CT molecular complexity index is 2660. The molecule has 0 N–H and O–H groups in total. The molecule has 4 aromatic carbocycles. The Morgan fingerprint density at radius 2 is 0.351 bits per heavy atom. The fourth-order valence-corrected chi connectivity index (χ4v) is 7.03. The van der Waals surface area contributed by atoms with Gasteiger partial charge in [-0.3, -0.25) is 0 Å². The normalized spacial score (nSPS) is 10.5. The Morgan fingerprint density at radius 3 is 0.419 bits per heavy atom. The van der Waals surface area contributed by atoms with E-state index in [0.717, 1.165) is 130 Å². The molecule has 0 heterocycles. The van der Waals surface area contributed by atoms with Gasteiger partial charge in [0.15, 0.2) is 0 Å². The van der Waals surface area contributed by atoms with Gasteiger partial charge in [-0.1, -0.05) is 0 Å². The van der Waals surface area contributed by atoms with Crippen LogP contribution in [0.25, 0.3) is 0 Å². The molecule has 392 valence electrons. The van der Waals surface area contributed by atoms with Gasteiger partial charge in [-0.2, -0.15) is 0 Å². The monoisotopic (exact) mass is 1170 g/mol. The van der Waals surface area contributed by atoms with Crippen molar-refractivity contribution in [1.82, 2.24) is 0 Å². The zero-order chi connectivity index (χ0) is 55.7. The standard InChI is InChI=1S/4C10H10O7S.2Ca/c4*1-16-9(11)6-3-7(10(12)17-2)5-8(4-6)18(13,14)15;;/h4*3-5H,1-2H3,(H,13,14,15);;/q;;;;2*+2/p-4. The third kappa shape index (κ3) is 21.9. The maximum atomic E-state index is 11.3. The van der Waals surface area contributed by atoms with Crippen molar-refractivity contribution in [3.63, 3.8) is 0 Å². The average molecular weight is 1170 g/mol. The van der Waals surface area contributed by atoms with E-state index in [2.05, 4.69) is 37.9 Å². The Morgan fingerprint density at radius 1 is 0.257 bits per heavy atom. The first kappa shape index (κ1) is 70.9. The molecule has 4 aromatic rings. The third-order valence-corrected chi connectivity index (χ3v) is 11.4. The van der Waals surface area contributed by atoms with Gasteiger partial charge in [-0.15, -0.1) is 0 Å². The Kier molecular flexibility index (Phi) is 29.7. The van der Waals surface area contributed by atoms with Crippen molar-refractivity contribution >= 4 is 164 Å². The van der Waals surface area contributed by atoms with E-state index in [9.17, 15) is 90.2 Å². The summed E-state index contributed by atoms with van der Waals surface area (Å²) in [4.78, 5) is 87.5. The minimum absolute atomic E-state index is 0. The van der Waals surface area contributed by atoms with Crippen LogP contribution >= 0.6 is 0 Å². The number of benzene rings is 4. The number of esters is 8. The third-order valence-electron chi connectivity index (χ3n) is 8.15. The summed E-state index contributed by atoms with van der Waals surface area (Å²) in [6.07, 6.45) is 0. The van der Waals surface area contributed by atoms with Crippen LogP contribution in [-0.2, 0) is 78.4 Å². The zero-order valence-electron chi connectivity index (χ0n) is 39.4. The molecule has 0 aliphatic carbocycles. The van der Waals surface area contributed by atoms with Crippen molar-refractivity contribution in [2.75, 3.05) is 56.9 Å². The molecule has 0 fully saturated rings. The minimum atomic E-state index is -4.80. The number of carbonyl (C=O) groups is 8. The van der Waals surface area contributed by atoms with Gasteiger partial charge in [0.2, 0.25) is 0 Å². The number of hydrogen-bond donors (Lipinski definition) is 0. The molecule has 0 atom stereocenters. The summed E-state index contributed by atoms with van der Waals surface area (Å²) in [6, 6.07) is 11.0. The van der Waals surface area contributed by atoms with Crippen LogP contribution in [0.15, 0.2) is 92.4 Å². The van der Waals surface area contributed by atoms with Crippen molar-refractivity contribution in [2.24, 2.45) is 0 Å². The molecule has 0 unspecified atom stereocenters. The number of methoxy groups -OCH3 is 8. The van der Waals surface area contributed by atoms with Crippen LogP contribution < -0.4 is 0 Å². The van der Waals surface area contributed by atoms with Crippen LogP contribution in [0.4, 0.5) is 0 Å². The largest absolute Gasteiger partial charge is 2.00 e. The molecule has 0 saturated heterocycles. The van der Waals surface area contributed by atoms with E-state index in [-0.39, 0.29) is 120 Å². The summed E-state index contributed by atoms with van der Waals surface area (Å²) in [6.45, 7) is 0. The van der Waals surface area contributed by atoms with Crippen LogP contribution in [-0.4, -0.2) is 232 Å². The summed E-state index contributed by atoms with van der Waals surface area (Å²) in [7, 11) is -10.5. The van der Waals surface area contributed by atoms with E-state index in [4.69, 9.17) is 0 Å². The van der Waals surface area contributed by atoms with Crippen molar-refractivity contribution in [3.8, 4) is 0 Å². The molecule has 0 saturated carbocycles. The quantitative estimate of drug-likeness (QED) is 0.0773. The number of hydrogen-bond acceptors (Lipinski definition) is 28. The van der Waals surface area contributed by atoms with E-state index >= 15 is 0 Å². The summed E-state index contributed by atoms with van der Waals surface area (Å²) in [5, 5.41) is 0. The van der Waals surface area contributed by atoms with Crippen LogP contribution in [0.2, 0.25) is 0 Å². The van der Waals surface area contributed by atoms with Crippen LogP contribution in [0, 0.1) is 0 Å².